The van der Waals surface area contributed by atoms with Crippen molar-refractivity contribution < 1.29 is 9.50 Å². The Morgan fingerprint density at radius 1 is 1.36 bits per heavy atom. The summed E-state index contributed by atoms with van der Waals surface area (Å²) < 4.78 is 12.4. The molecule has 0 radical (unpaired) electrons. The van der Waals surface area contributed by atoms with Crippen molar-refractivity contribution in [2.45, 2.75) is 6.61 Å². The largest absolute Gasteiger partial charge is 0.392 e. The Morgan fingerprint density at radius 2 is 1.91 bits per heavy atom. The Bertz CT molecular complexity index is 203. The predicted octanol–water partition coefficient (Wildman–Crippen LogP) is 0.893. The van der Waals surface area contributed by atoms with Crippen molar-refractivity contribution in [3.63, 3.8) is 0 Å². The van der Waals surface area contributed by atoms with E-state index in [1.165, 1.54) is 13.1 Å². The van der Waals surface area contributed by atoms with Crippen LogP contribution in [0.1, 0.15) is 5.56 Å². The maximum Gasteiger partial charge on any atom is 0.128 e. The minimum Gasteiger partial charge on any atom is -0.392 e. The van der Waals surface area contributed by atoms with Crippen LogP contribution in [0.3, 0.4) is 0 Å². The molecule has 0 aliphatic heterocycles. The lowest BCUT2D eigenvalue weighted by Gasteiger charge is -1.94. The molecular weight excluding hydrogens is 145 g/mol. The Balaban J connectivity index is 0.000000461. The normalized spacial score (nSPS) is 8.36. The standard InChI is InChI=1S/C7H7FO.CH5N/c8-7-4-2-1-3-6(7)5-9;1-2/h1-4,9H,5H2;2H2,1H3. The van der Waals surface area contributed by atoms with Crippen LogP contribution in [-0.2, 0) is 6.61 Å². The molecule has 0 saturated carbocycles. The second-order valence-corrected chi connectivity index (χ2v) is 1.75. The van der Waals surface area contributed by atoms with Crippen molar-refractivity contribution in [2.24, 2.45) is 5.73 Å². The maximum atomic E-state index is 12.4. The van der Waals surface area contributed by atoms with Gasteiger partial charge in [0.15, 0.2) is 0 Å². The van der Waals surface area contributed by atoms with Crippen LogP contribution in [0.4, 0.5) is 4.39 Å². The quantitative estimate of drug-likeness (QED) is 0.636. The Kier molecular flexibility index (Phi) is 5.33. The molecule has 0 unspecified atom stereocenters. The van der Waals surface area contributed by atoms with E-state index in [2.05, 4.69) is 5.73 Å². The van der Waals surface area contributed by atoms with E-state index in [4.69, 9.17) is 5.11 Å². The molecule has 0 saturated heterocycles. The number of rotatable bonds is 1. The minimum atomic E-state index is -0.347. The van der Waals surface area contributed by atoms with Crippen molar-refractivity contribution in [1.82, 2.24) is 0 Å². The molecule has 0 spiro atoms. The summed E-state index contributed by atoms with van der Waals surface area (Å²) in [7, 11) is 1.50. The van der Waals surface area contributed by atoms with Gasteiger partial charge in [0.2, 0.25) is 0 Å². The molecule has 11 heavy (non-hydrogen) atoms. The number of halogens is 1. The highest BCUT2D eigenvalue weighted by Crippen LogP contribution is 2.04. The average molecular weight is 157 g/mol. The van der Waals surface area contributed by atoms with Gasteiger partial charge in [0.1, 0.15) is 5.82 Å². The Labute approximate surface area is 65.5 Å². The lowest BCUT2D eigenvalue weighted by atomic mass is 10.2. The molecule has 1 rings (SSSR count). The summed E-state index contributed by atoms with van der Waals surface area (Å²) in [6.07, 6.45) is 0. The molecule has 0 aliphatic carbocycles. The van der Waals surface area contributed by atoms with Gasteiger partial charge in [0, 0.05) is 5.56 Å². The van der Waals surface area contributed by atoms with E-state index >= 15 is 0 Å². The minimum absolute atomic E-state index is 0.229. The molecule has 62 valence electrons. The summed E-state index contributed by atoms with van der Waals surface area (Å²) in [6, 6.07) is 6.16. The van der Waals surface area contributed by atoms with Crippen molar-refractivity contribution in [3.8, 4) is 0 Å². The highest BCUT2D eigenvalue weighted by Gasteiger charge is 1.94. The van der Waals surface area contributed by atoms with E-state index in [0.717, 1.165) is 0 Å². The van der Waals surface area contributed by atoms with Crippen LogP contribution in [0.2, 0.25) is 0 Å². The molecule has 0 amide bonds. The molecule has 1 aromatic rings. The van der Waals surface area contributed by atoms with Gasteiger partial charge in [-0.3, -0.25) is 0 Å². The molecule has 0 bridgehead atoms. The fourth-order valence-corrected chi connectivity index (χ4v) is 0.627. The number of benzene rings is 1. The maximum absolute atomic E-state index is 12.4. The predicted molar refractivity (Wildman–Crippen MR) is 42.4 cm³/mol. The van der Waals surface area contributed by atoms with Crippen molar-refractivity contribution in [3.05, 3.63) is 35.6 Å². The van der Waals surface area contributed by atoms with Gasteiger partial charge in [-0.1, -0.05) is 18.2 Å². The first kappa shape index (κ1) is 10.1. The molecule has 3 N–H and O–H groups in total. The fourth-order valence-electron chi connectivity index (χ4n) is 0.627. The molecular formula is C8H12FNO. The van der Waals surface area contributed by atoms with Gasteiger partial charge in [-0.2, -0.15) is 0 Å². The highest BCUT2D eigenvalue weighted by atomic mass is 19.1. The molecule has 0 aliphatic rings. The fraction of sp³-hybridized carbons (Fsp3) is 0.250. The van der Waals surface area contributed by atoms with E-state index < -0.39 is 0 Å². The van der Waals surface area contributed by atoms with Gasteiger partial charge in [-0.25, -0.2) is 4.39 Å². The van der Waals surface area contributed by atoms with Crippen LogP contribution in [0.25, 0.3) is 0 Å². The average Bonchev–Trinajstić information content (AvgIpc) is 2.09. The lowest BCUT2D eigenvalue weighted by Crippen LogP contribution is -1.86. The third-order valence-corrected chi connectivity index (χ3v) is 1.13. The van der Waals surface area contributed by atoms with Crippen LogP contribution in [0, 0.1) is 5.82 Å². The van der Waals surface area contributed by atoms with Gasteiger partial charge in [-0.05, 0) is 13.1 Å². The SMILES string of the molecule is CN.OCc1ccccc1F. The second kappa shape index (κ2) is 5.82. The van der Waals surface area contributed by atoms with Crippen LogP contribution in [0.5, 0.6) is 0 Å². The summed E-state index contributed by atoms with van der Waals surface area (Å²) in [4.78, 5) is 0. The Hall–Kier alpha value is -0.930. The first-order chi connectivity index (χ1) is 5.34. The van der Waals surface area contributed by atoms with Crippen LogP contribution in [0.15, 0.2) is 24.3 Å². The monoisotopic (exact) mass is 157 g/mol. The van der Waals surface area contributed by atoms with Gasteiger partial charge in [0.25, 0.3) is 0 Å². The van der Waals surface area contributed by atoms with E-state index in [-0.39, 0.29) is 12.4 Å². The molecule has 0 heterocycles. The highest BCUT2D eigenvalue weighted by molar-refractivity contribution is 5.15. The topological polar surface area (TPSA) is 46.2 Å². The summed E-state index contributed by atoms with van der Waals surface area (Å²) >= 11 is 0. The number of aliphatic hydroxyl groups is 1. The zero-order chi connectivity index (χ0) is 8.69. The van der Waals surface area contributed by atoms with E-state index in [1.54, 1.807) is 18.2 Å². The van der Waals surface area contributed by atoms with Gasteiger partial charge in [0.05, 0.1) is 6.61 Å². The third-order valence-electron chi connectivity index (χ3n) is 1.13. The van der Waals surface area contributed by atoms with Crippen molar-refractivity contribution >= 4 is 0 Å². The van der Waals surface area contributed by atoms with Crippen LogP contribution >= 0.6 is 0 Å². The van der Waals surface area contributed by atoms with Gasteiger partial charge < -0.3 is 10.8 Å². The zero-order valence-corrected chi connectivity index (χ0v) is 6.42. The smallest absolute Gasteiger partial charge is 0.128 e. The van der Waals surface area contributed by atoms with Crippen LogP contribution in [-0.4, -0.2) is 12.2 Å². The van der Waals surface area contributed by atoms with Gasteiger partial charge in [-0.15, -0.1) is 0 Å². The van der Waals surface area contributed by atoms with Crippen molar-refractivity contribution in [1.29, 1.82) is 0 Å². The summed E-state index contributed by atoms with van der Waals surface area (Å²) in [5.74, 6) is -0.347. The number of nitrogens with two attached hydrogens (primary N) is 1. The van der Waals surface area contributed by atoms with Gasteiger partial charge >= 0.3 is 0 Å². The first-order valence-electron chi connectivity index (χ1n) is 3.26. The molecule has 1 aromatic carbocycles. The van der Waals surface area contributed by atoms with Crippen LogP contribution < -0.4 is 5.73 Å². The summed E-state index contributed by atoms with van der Waals surface area (Å²) in [5.41, 5.74) is 4.84. The third kappa shape index (κ3) is 3.11. The summed E-state index contributed by atoms with van der Waals surface area (Å²) in [5, 5.41) is 8.48. The Morgan fingerprint density at radius 3 is 2.27 bits per heavy atom. The molecule has 0 atom stereocenters. The molecule has 2 nitrogen and oxygen atoms in total. The van der Waals surface area contributed by atoms with E-state index in [0.29, 0.717) is 5.56 Å². The summed E-state index contributed by atoms with van der Waals surface area (Å²) in [6.45, 7) is -0.229. The van der Waals surface area contributed by atoms with E-state index in [9.17, 15) is 4.39 Å². The first-order valence-corrected chi connectivity index (χ1v) is 3.26. The molecule has 0 fully saturated rings. The number of hydrogen-bond donors (Lipinski definition) is 2. The number of aliphatic hydroxyl groups excluding tert-OH is 1. The molecule has 3 heteroatoms. The second-order valence-electron chi connectivity index (χ2n) is 1.75. The number of hydrogen-bond acceptors (Lipinski definition) is 2. The van der Waals surface area contributed by atoms with Crippen molar-refractivity contribution in [2.75, 3.05) is 7.05 Å². The zero-order valence-electron chi connectivity index (χ0n) is 6.42. The lowest BCUT2D eigenvalue weighted by molar-refractivity contribution is 0.276. The molecule has 0 aromatic heterocycles. The van der Waals surface area contributed by atoms with E-state index in [1.807, 2.05) is 0 Å².